The Morgan fingerprint density at radius 2 is 1.63 bits per heavy atom. The van der Waals surface area contributed by atoms with Gasteiger partial charge >= 0.3 is 0 Å². The Balaban J connectivity index is 1.51. The van der Waals surface area contributed by atoms with E-state index in [-0.39, 0.29) is 23.9 Å². The highest BCUT2D eigenvalue weighted by Gasteiger charge is 2.30. The summed E-state index contributed by atoms with van der Waals surface area (Å²) in [5.41, 5.74) is 2.52. The summed E-state index contributed by atoms with van der Waals surface area (Å²) in [4.78, 5) is 25.1. The van der Waals surface area contributed by atoms with E-state index in [1.807, 2.05) is 0 Å². The lowest BCUT2D eigenvalue weighted by molar-refractivity contribution is 0.0920. The molecule has 6 heteroatoms. The van der Waals surface area contributed by atoms with Crippen molar-refractivity contribution in [1.29, 1.82) is 0 Å². The molecule has 1 aliphatic heterocycles. The van der Waals surface area contributed by atoms with Crippen LogP contribution < -0.4 is 9.47 Å². The van der Waals surface area contributed by atoms with E-state index in [1.54, 1.807) is 73.7 Å². The minimum atomic E-state index is -0.193. The van der Waals surface area contributed by atoms with Crippen LogP contribution in [0.5, 0.6) is 11.5 Å². The summed E-state index contributed by atoms with van der Waals surface area (Å²) in [5, 5.41) is 1.18. The Hall–Kier alpha value is -3.08. The molecular formula is C24H16Cl2O4. The van der Waals surface area contributed by atoms with E-state index < -0.39 is 0 Å². The number of hydrogen-bond donors (Lipinski definition) is 0. The van der Waals surface area contributed by atoms with E-state index in [0.29, 0.717) is 38.2 Å². The van der Waals surface area contributed by atoms with E-state index in [0.717, 1.165) is 5.56 Å². The zero-order valence-corrected chi connectivity index (χ0v) is 17.5. The van der Waals surface area contributed by atoms with E-state index in [9.17, 15) is 9.59 Å². The largest absolute Gasteiger partial charge is 0.485 e. The molecule has 4 rings (SSSR count). The lowest BCUT2D eigenvalue weighted by Crippen LogP contribution is -2.11. The standard InChI is InChI=1S/C24H16Cl2O4/c1-14-10-19(29-13-20(27)16-4-8-18(26)9-5-16)12-21-23(14)24(28)22(30-21)11-15-2-6-17(25)7-3-15/h2-12H,13H2,1H3/b22-11-. The molecule has 0 spiro atoms. The molecule has 0 aromatic heterocycles. The molecule has 0 fully saturated rings. The first-order valence-electron chi connectivity index (χ1n) is 9.17. The van der Waals surface area contributed by atoms with Crippen LogP contribution in [0.2, 0.25) is 10.0 Å². The number of hydrogen-bond acceptors (Lipinski definition) is 4. The van der Waals surface area contributed by atoms with Crippen LogP contribution in [0.25, 0.3) is 6.08 Å². The van der Waals surface area contributed by atoms with Gasteiger partial charge in [-0.05, 0) is 66.6 Å². The van der Waals surface area contributed by atoms with Gasteiger partial charge in [-0.2, -0.15) is 0 Å². The van der Waals surface area contributed by atoms with Crippen LogP contribution in [-0.2, 0) is 0 Å². The number of ketones is 2. The van der Waals surface area contributed by atoms with Crippen molar-refractivity contribution in [2.45, 2.75) is 6.92 Å². The van der Waals surface area contributed by atoms with Crippen LogP contribution >= 0.6 is 23.2 Å². The van der Waals surface area contributed by atoms with Crippen molar-refractivity contribution in [1.82, 2.24) is 0 Å². The third kappa shape index (κ3) is 4.25. The van der Waals surface area contributed by atoms with Gasteiger partial charge in [-0.25, -0.2) is 0 Å². The summed E-state index contributed by atoms with van der Waals surface area (Å²) in [6, 6.07) is 17.1. The molecule has 0 aliphatic carbocycles. The average molecular weight is 439 g/mol. The molecular weight excluding hydrogens is 423 g/mol. The monoisotopic (exact) mass is 438 g/mol. The van der Waals surface area contributed by atoms with Crippen LogP contribution in [0.3, 0.4) is 0 Å². The Bertz CT molecular complexity index is 1160. The Morgan fingerprint density at radius 3 is 2.30 bits per heavy atom. The van der Waals surface area contributed by atoms with Crippen LogP contribution in [0.4, 0.5) is 0 Å². The highest BCUT2D eigenvalue weighted by atomic mass is 35.5. The van der Waals surface area contributed by atoms with Crippen molar-refractivity contribution in [3.05, 3.63) is 98.7 Å². The highest BCUT2D eigenvalue weighted by molar-refractivity contribution is 6.31. The number of halogens is 2. The number of aryl methyl sites for hydroxylation is 1. The summed E-state index contributed by atoms with van der Waals surface area (Å²) in [7, 11) is 0. The van der Waals surface area contributed by atoms with Gasteiger partial charge in [0.1, 0.15) is 11.5 Å². The molecule has 0 amide bonds. The van der Waals surface area contributed by atoms with E-state index in [4.69, 9.17) is 32.7 Å². The summed E-state index contributed by atoms with van der Waals surface area (Å²) in [5.74, 6) is 0.722. The molecule has 0 saturated carbocycles. The third-order valence-corrected chi connectivity index (χ3v) is 5.15. The smallest absolute Gasteiger partial charge is 0.232 e. The van der Waals surface area contributed by atoms with Crippen LogP contribution in [0.15, 0.2) is 66.4 Å². The SMILES string of the molecule is Cc1cc(OCC(=O)c2ccc(Cl)cc2)cc2c1C(=O)/C(=C/c1ccc(Cl)cc1)O2. The van der Waals surface area contributed by atoms with Gasteiger partial charge in [0, 0.05) is 21.7 Å². The maximum atomic E-state index is 12.8. The minimum Gasteiger partial charge on any atom is -0.485 e. The number of carbonyl (C=O) groups excluding carboxylic acids is 2. The van der Waals surface area contributed by atoms with Gasteiger partial charge < -0.3 is 9.47 Å². The first-order chi connectivity index (χ1) is 14.4. The first kappa shape index (κ1) is 20.2. The molecule has 1 heterocycles. The van der Waals surface area contributed by atoms with Gasteiger partial charge in [0.15, 0.2) is 18.1 Å². The number of Topliss-reactive ketones (excluding diaryl/α,β-unsaturated/α-hetero) is 2. The number of rotatable bonds is 5. The molecule has 3 aromatic carbocycles. The van der Waals surface area contributed by atoms with Gasteiger partial charge in [0.25, 0.3) is 0 Å². The van der Waals surface area contributed by atoms with Crippen molar-refractivity contribution in [3.63, 3.8) is 0 Å². The molecule has 0 N–H and O–H groups in total. The van der Waals surface area contributed by atoms with E-state index in [1.165, 1.54) is 0 Å². The van der Waals surface area contributed by atoms with Crippen molar-refractivity contribution in [3.8, 4) is 11.5 Å². The maximum absolute atomic E-state index is 12.8. The molecule has 4 nitrogen and oxygen atoms in total. The molecule has 30 heavy (non-hydrogen) atoms. The number of allylic oxidation sites excluding steroid dienone is 1. The normalized spacial score (nSPS) is 13.8. The molecule has 150 valence electrons. The van der Waals surface area contributed by atoms with Gasteiger partial charge in [-0.15, -0.1) is 0 Å². The Morgan fingerprint density at radius 1 is 1.00 bits per heavy atom. The molecule has 1 aliphatic rings. The number of fused-ring (bicyclic) bond motifs is 1. The van der Waals surface area contributed by atoms with Gasteiger partial charge in [-0.1, -0.05) is 35.3 Å². The number of carbonyl (C=O) groups is 2. The summed E-state index contributed by atoms with van der Waals surface area (Å²) in [6.45, 7) is 1.67. The van der Waals surface area contributed by atoms with Crippen molar-refractivity contribution in [2.75, 3.05) is 6.61 Å². The van der Waals surface area contributed by atoms with Gasteiger partial charge in [0.2, 0.25) is 5.78 Å². The van der Waals surface area contributed by atoms with Crippen molar-refractivity contribution < 1.29 is 19.1 Å². The quantitative estimate of drug-likeness (QED) is 0.352. The predicted molar refractivity (Wildman–Crippen MR) is 117 cm³/mol. The Labute approximate surface area is 183 Å². The highest BCUT2D eigenvalue weighted by Crippen LogP contribution is 2.37. The second-order valence-electron chi connectivity index (χ2n) is 6.82. The topological polar surface area (TPSA) is 52.6 Å². The van der Waals surface area contributed by atoms with E-state index >= 15 is 0 Å². The molecule has 0 unspecified atom stereocenters. The second kappa shape index (κ2) is 8.34. The number of benzene rings is 3. The summed E-state index contributed by atoms with van der Waals surface area (Å²) in [6.07, 6.45) is 1.67. The second-order valence-corrected chi connectivity index (χ2v) is 7.70. The fourth-order valence-electron chi connectivity index (χ4n) is 3.14. The maximum Gasteiger partial charge on any atom is 0.232 e. The van der Waals surface area contributed by atoms with Crippen LogP contribution in [-0.4, -0.2) is 18.2 Å². The fourth-order valence-corrected chi connectivity index (χ4v) is 3.39. The molecule has 0 radical (unpaired) electrons. The first-order valence-corrected chi connectivity index (χ1v) is 9.92. The summed E-state index contributed by atoms with van der Waals surface area (Å²) >= 11 is 11.8. The van der Waals surface area contributed by atoms with E-state index in [2.05, 4.69) is 0 Å². The van der Waals surface area contributed by atoms with Crippen molar-refractivity contribution in [2.24, 2.45) is 0 Å². The molecule has 3 aromatic rings. The predicted octanol–water partition coefficient (Wildman–Crippen LogP) is 6.18. The van der Waals surface area contributed by atoms with Gasteiger partial charge in [0.05, 0.1) is 5.56 Å². The van der Waals surface area contributed by atoms with Crippen molar-refractivity contribution >= 4 is 40.8 Å². The zero-order chi connectivity index (χ0) is 21.3. The summed E-state index contributed by atoms with van der Waals surface area (Å²) < 4.78 is 11.4. The number of ether oxygens (including phenoxy) is 2. The third-order valence-electron chi connectivity index (χ3n) is 4.65. The lowest BCUT2D eigenvalue weighted by atomic mass is 10.0. The fraction of sp³-hybridized carbons (Fsp3) is 0.0833. The minimum absolute atomic E-state index is 0.138. The molecule has 0 bridgehead atoms. The molecule has 0 atom stereocenters. The average Bonchev–Trinajstić information content (AvgIpc) is 3.04. The lowest BCUT2D eigenvalue weighted by Gasteiger charge is -2.09. The molecule has 0 saturated heterocycles. The van der Waals surface area contributed by atoms with Gasteiger partial charge in [-0.3, -0.25) is 9.59 Å². The zero-order valence-electron chi connectivity index (χ0n) is 15.9. The van der Waals surface area contributed by atoms with Crippen LogP contribution in [0, 0.1) is 6.92 Å². The van der Waals surface area contributed by atoms with Crippen LogP contribution in [0.1, 0.15) is 31.8 Å². The Kier molecular flexibility index (Phi) is 5.62.